The minimum Gasteiger partial charge on any atom is -0.435 e. The van der Waals surface area contributed by atoms with Crippen LogP contribution < -0.4 is 0 Å². The molecule has 0 rings (SSSR count). The fourth-order valence-electron chi connectivity index (χ4n) is 0.608. The average molecular weight is 242 g/mol. The van der Waals surface area contributed by atoms with Crippen LogP contribution in [0, 0.1) is 5.41 Å². The summed E-state index contributed by atoms with van der Waals surface area (Å²) < 4.78 is 8.94. The summed E-state index contributed by atoms with van der Waals surface area (Å²) in [7, 11) is 0. The lowest BCUT2D eigenvalue weighted by Gasteiger charge is -2.13. The van der Waals surface area contributed by atoms with E-state index >= 15 is 0 Å². The maximum atomic E-state index is 10.8. The largest absolute Gasteiger partial charge is 0.435 e. The Labute approximate surface area is 103 Å². The molecule has 0 unspecified atom stereocenters. The normalized spacial score (nSPS) is 9.41. The molecule has 0 aromatic rings. The predicted octanol–water partition coefficient (Wildman–Crippen LogP) is 3.19. The Morgan fingerprint density at radius 2 is 1.59 bits per heavy atom. The second-order valence-electron chi connectivity index (χ2n) is 4.23. The van der Waals surface area contributed by atoms with E-state index in [-0.39, 0.29) is 11.9 Å². The Kier molecular flexibility index (Phi) is 10.1. The molecule has 0 aromatic carbocycles. The molecule has 4 heteroatoms. The van der Waals surface area contributed by atoms with Crippen LogP contribution in [0.25, 0.3) is 0 Å². The van der Waals surface area contributed by atoms with Crippen LogP contribution in [0.1, 0.15) is 40.5 Å². The van der Waals surface area contributed by atoms with Gasteiger partial charge in [0.2, 0.25) is 0 Å². The number of hydrogen-bond donors (Lipinski definition) is 0. The van der Waals surface area contributed by atoms with E-state index in [1.807, 2.05) is 6.92 Å². The topological polar surface area (TPSA) is 52.6 Å². The van der Waals surface area contributed by atoms with E-state index in [1.165, 1.54) is 0 Å². The Morgan fingerprint density at radius 3 is 1.82 bits per heavy atom. The monoisotopic (exact) mass is 242 g/mol. The van der Waals surface area contributed by atoms with Gasteiger partial charge >= 0.3 is 11.9 Å². The second kappa shape index (κ2) is 9.63. The number of rotatable bonds is 4. The van der Waals surface area contributed by atoms with Crippen molar-refractivity contribution in [1.29, 1.82) is 0 Å². The van der Waals surface area contributed by atoms with E-state index in [9.17, 15) is 9.59 Å². The summed E-state index contributed by atoms with van der Waals surface area (Å²) in [5.41, 5.74) is -0.422. The lowest BCUT2D eigenvalue weighted by atomic mass is 9.98. The molecule has 0 aliphatic rings. The third kappa shape index (κ3) is 12.4. The smallest absolute Gasteiger partial charge is 0.316 e. The van der Waals surface area contributed by atoms with Gasteiger partial charge in [-0.2, -0.15) is 0 Å². The molecule has 0 bridgehead atoms. The molecule has 0 saturated heterocycles. The van der Waals surface area contributed by atoms with Crippen molar-refractivity contribution in [2.24, 2.45) is 5.41 Å². The molecule has 0 aromatic heterocycles. The molecule has 0 aliphatic heterocycles. The lowest BCUT2D eigenvalue weighted by Crippen LogP contribution is -2.20. The summed E-state index contributed by atoms with van der Waals surface area (Å²) in [6, 6.07) is 0. The number of carbonyl (C=O) groups is 2. The van der Waals surface area contributed by atoms with Gasteiger partial charge in [0.05, 0.1) is 17.9 Å². The van der Waals surface area contributed by atoms with Crippen LogP contribution in [-0.2, 0) is 19.1 Å². The van der Waals surface area contributed by atoms with Gasteiger partial charge in [-0.05, 0) is 27.2 Å². The van der Waals surface area contributed by atoms with Crippen LogP contribution in [0.15, 0.2) is 25.7 Å². The molecule has 98 valence electrons. The number of hydrogen-bond acceptors (Lipinski definition) is 4. The Morgan fingerprint density at radius 1 is 1.12 bits per heavy atom. The number of esters is 2. The summed E-state index contributed by atoms with van der Waals surface area (Å²) in [4.78, 5) is 21.1. The van der Waals surface area contributed by atoms with Gasteiger partial charge in [0.1, 0.15) is 0 Å². The third-order valence-corrected chi connectivity index (χ3v) is 1.47. The van der Waals surface area contributed by atoms with Crippen molar-refractivity contribution in [3.8, 4) is 0 Å². The third-order valence-electron chi connectivity index (χ3n) is 1.47. The van der Waals surface area contributed by atoms with E-state index < -0.39 is 5.41 Å². The highest BCUT2D eigenvalue weighted by Crippen LogP contribution is 2.14. The fraction of sp³-hybridized carbons (Fsp3) is 0.538. The molecule has 17 heavy (non-hydrogen) atoms. The number of carbonyl (C=O) groups excluding carboxylic acids is 2. The van der Waals surface area contributed by atoms with Crippen LogP contribution >= 0.6 is 0 Å². The minimum atomic E-state index is -0.422. The van der Waals surface area contributed by atoms with Gasteiger partial charge in [0.25, 0.3) is 0 Å². The molecular weight excluding hydrogens is 220 g/mol. The van der Waals surface area contributed by atoms with E-state index in [4.69, 9.17) is 0 Å². The highest BCUT2D eigenvalue weighted by atomic mass is 16.5. The van der Waals surface area contributed by atoms with Crippen molar-refractivity contribution in [3.63, 3.8) is 0 Å². The predicted molar refractivity (Wildman–Crippen MR) is 66.9 cm³/mol. The first kappa shape index (κ1) is 17.8. The molecular formula is C13H22O4. The summed E-state index contributed by atoms with van der Waals surface area (Å²) in [5, 5.41) is 0. The molecule has 0 amide bonds. The second-order valence-corrected chi connectivity index (χ2v) is 4.23. The first-order chi connectivity index (χ1) is 7.79. The minimum absolute atomic E-state index is 0.206. The van der Waals surface area contributed by atoms with Crippen molar-refractivity contribution >= 4 is 11.9 Å². The van der Waals surface area contributed by atoms with Gasteiger partial charge in [0.15, 0.2) is 0 Å². The summed E-state index contributed by atoms with van der Waals surface area (Å²) in [6.45, 7) is 13.8. The van der Waals surface area contributed by atoms with Gasteiger partial charge in [-0.15, -0.1) is 0 Å². The zero-order valence-electron chi connectivity index (χ0n) is 11.1. The van der Waals surface area contributed by atoms with Crippen molar-refractivity contribution in [2.75, 3.05) is 0 Å². The average Bonchev–Trinajstić information content (AvgIpc) is 2.18. The van der Waals surface area contributed by atoms with E-state index in [0.717, 1.165) is 18.9 Å². The van der Waals surface area contributed by atoms with Gasteiger partial charge in [-0.1, -0.05) is 20.1 Å². The quantitative estimate of drug-likeness (QED) is 0.561. The Balaban J connectivity index is 0. The van der Waals surface area contributed by atoms with E-state index in [2.05, 4.69) is 22.6 Å². The van der Waals surface area contributed by atoms with Crippen LogP contribution in [0.4, 0.5) is 0 Å². The van der Waals surface area contributed by atoms with Crippen molar-refractivity contribution < 1.29 is 19.1 Å². The fourth-order valence-corrected chi connectivity index (χ4v) is 0.608. The van der Waals surface area contributed by atoms with Crippen LogP contribution in [0.2, 0.25) is 0 Å². The maximum absolute atomic E-state index is 10.8. The van der Waals surface area contributed by atoms with Crippen LogP contribution in [0.5, 0.6) is 0 Å². The van der Waals surface area contributed by atoms with Gasteiger partial charge in [-0.25, -0.2) is 0 Å². The summed E-state index contributed by atoms with van der Waals surface area (Å²) in [6.07, 6.45) is 3.60. The van der Waals surface area contributed by atoms with Crippen molar-refractivity contribution in [1.82, 2.24) is 0 Å². The summed E-state index contributed by atoms with van der Waals surface area (Å²) >= 11 is 0. The first-order valence-electron chi connectivity index (χ1n) is 5.42. The van der Waals surface area contributed by atoms with Gasteiger partial charge in [0, 0.05) is 6.42 Å². The Bertz CT molecular complexity index is 261. The highest BCUT2D eigenvalue weighted by molar-refractivity contribution is 5.75. The zero-order valence-corrected chi connectivity index (χ0v) is 11.1. The molecule has 0 aliphatic carbocycles. The maximum Gasteiger partial charge on any atom is 0.316 e. The Hall–Kier alpha value is -1.58. The van der Waals surface area contributed by atoms with Crippen LogP contribution in [-0.4, -0.2) is 11.9 Å². The first-order valence-corrected chi connectivity index (χ1v) is 5.42. The lowest BCUT2D eigenvalue weighted by molar-refractivity contribution is -0.146. The van der Waals surface area contributed by atoms with Crippen LogP contribution in [0.3, 0.4) is 0 Å². The van der Waals surface area contributed by atoms with Gasteiger partial charge in [-0.3, -0.25) is 9.59 Å². The van der Waals surface area contributed by atoms with Crippen molar-refractivity contribution in [2.45, 2.75) is 40.5 Å². The molecule has 4 nitrogen and oxygen atoms in total. The standard InChI is InChI=1S/C7H12O2.C6H10O2/c1-5-9-6(8)7(2,3)4;1-3-5-6(7)8-4-2/h5H,1H2,2-4H3;4H,2-3,5H2,1H3. The molecule has 0 spiro atoms. The molecule has 0 radical (unpaired) electrons. The molecule has 0 fully saturated rings. The molecule has 0 N–H and O–H groups in total. The number of ether oxygens (including phenoxy) is 2. The van der Waals surface area contributed by atoms with Crippen molar-refractivity contribution in [3.05, 3.63) is 25.7 Å². The summed E-state index contributed by atoms with van der Waals surface area (Å²) in [5.74, 6) is -0.458. The zero-order chi connectivity index (χ0) is 13.9. The molecule has 0 atom stereocenters. The highest BCUT2D eigenvalue weighted by Gasteiger charge is 2.21. The van der Waals surface area contributed by atoms with E-state index in [0.29, 0.717) is 6.42 Å². The van der Waals surface area contributed by atoms with Gasteiger partial charge < -0.3 is 9.47 Å². The SMILES string of the molecule is C=COC(=O)C(C)(C)C.C=COC(=O)CCC. The molecule has 0 heterocycles. The molecule has 0 saturated carbocycles. The van der Waals surface area contributed by atoms with E-state index in [1.54, 1.807) is 20.8 Å².